The van der Waals surface area contributed by atoms with E-state index in [-0.39, 0.29) is 5.91 Å². The predicted octanol–water partition coefficient (Wildman–Crippen LogP) is 3.68. The third-order valence-electron chi connectivity index (χ3n) is 4.33. The second kappa shape index (κ2) is 6.22. The Morgan fingerprint density at radius 1 is 1.38 bits per heavy atom. The van der Waals surface area contributed by atoms with Crippen molar-refractivity contribution in [2.45, 2.75) is 33.6 Å². The van der Waals surface area contributed by atoms with Crippen LogP contribution in [0.3, 0.4) is 0 Å². The molecule has 1 aromatic rings. The first-order chi connectivity index (χ1) is 9.82. The van der Waals surface area contributed by atoms with Crippen LogP contribution < -0.4 is 5.32 Å². The summed E-state index contributed by atoms with van der Waals surface area (Å²) in [7, 11) is 1.76. The number of carbonyl (C=O) groups is 1. The van der Waals surface area contributed by atoms with E-state index in [1.54, 1.807) is 19.3 Å². The van der Waals surface area contributed by atoms with Gasteiger partial charge in [-0.15, -0.1) is 0 Å². The summed E-state index contributed by atoms with van der Waals surface area (Å²) in [6.45, 7) is 8.44. The van der Waals surface area contributed by atoms with Crippen LogP contribution in [0.5, 0.6) is 0 Å². The van der Waals surface area contributed by atoms with Gasteiger partial charge in [0, 0.05) is 26.3 Å². The second-order valence-electron chi connectivity index (χ2n) is 6.74. The number of carbonyl (C=O) groups excluding carboxylic acids is 1. The van der Waals surface area contributed by atoms with Gasteiger partial charge in [-0.05, 0) is 30.2 Å². The monoisotopic (exact) mass is 309 g/mol. The van der Waals surface area contributed by atoms with Gasteiger partial charge >= 0.3 is 0 Å². The molecule has 2 heterocycles. The van der Waals surface area contributed by atoms with Gasteiger partial charge in [-0.3, -0.25) is 4.79 Å². The van der Waals surface area contributed by atoms with Gasteiger partial charge in [0.15, 0.2) is 0 Å². The Bertz CT molecular complexity index is 517. The average molecular weight is 310 g/mol. The first-order valence-corrected chi connectivity index (χ1v) is 7.83. The number of hydrogen-bond donors (Lipinski definition) is 1. The van der Waals surface area contributed by atoms with E-state index in [0.717, 1.165) is 25.9 Å². The molecule has 0 aliphatic carbocycles. The third kappa shape index (κ3) is 3.67. The highest BCUT2D eigenvalue weighted by atomic mass is 35.5. The summed E-state index contributed by atoms with van der Waals surface area (Å²) in [4.78, 5) is 18.6. The predicted molar refractivity (Wildman–Crippen MR) is 86.9 cm³/mol. The van der Waals surface area contributed by atoms with Gasteiger partial charge in [0.05, 0.1) is 10.6 Å². The van der Waals surface area contributed by atoms with Crippen molar-refractivity contribution in [3.05, 3.63) is 22.8 Å². The summed E-state index contributed by atoms with van der Waals surface area (Å²) >= 11 is 6.10. The molecule has 0 spiro atoms. The van der Waals surface area contributed by atoms with Crippen LogP contribution in [0.15, 0.2) is 12.3 Å². The molecule has 1 aliphatic rings. The fourth-order valence-corrected chi connectivity index (χ4v) is 3.13. The Morgan fingerprint density at radius 3 is 2.48 bits per heavy atom. The zero-order chi connectivity index (χ0) is 15.6. The average Bonchev–Trinajstić information content (AvgIpc) is 2.45. The molecular weight excluding hydrogens is 286 g/mol. The normalized spacial score (nSPS) is 16.9. The van der Waals surface area contributed by atoms with Crippen molar-refractivity contribution in [3.63, 3.8) is 0 Å². The first kappa shape index (κ1) is 16.1. The highest BCUT2D eigenvalue weighted by molar-refractivity contribution is 6.33. The molecule has 0 unspecified atom stereocenters. The molecule has 0 saturated carbocycles. The van der Waals surface area contributed by atoms with Crippen molar-refractivity contribution in [2.24, 2.45) is 11.3 Å². The van der Waals surface area contributed by atoms with Gasteiger partial charge in [-0.2, -0.15) is 0 Å². The summed E-state index contributed by atoms with van der Waals surface area (Å²) in [5, 5.41) is 3.37. The van der Waals surface area contributed by atoms with Gasteiger partial charge < -0.3 is 10.2 Å². The number of hydrogen-bond acceptors (Lipinski definition) is 3. The van der Waals surface area contributed by atoms with E-state index in [1.807, 2.05) is 4.90 Å². The summed E-state index contributed by atoms with van der Waals surface area (Å²) in [6.07, 6.45) is 3.71. The number of halogens is 1. The lowest BCUT2D eigenvalue weighted by Crippen LogP contribution is -2.41. The molecular formula is C16H24ClN3O. The van der Waals surface area contributed by atoms with Crippen molar-refractivity contribution < 1.29 is 4.79 Å². The van der Waals surface area contributed by atoms with Crippen molar-refractivity contribution >= 4 is 23.3 Å². The summed E-state index contributed by atoms with van der Waals surface area (Å²) in [6, 6.07) is 1.69. The minimum absolute atomic E-state index is 0.0272. The first-order valence-electron chi connectivity index (χ1n) is 7.45. The van der Waals surface area contributed by atoms with Crippen LogP contribution in [0.4, 0.5) is 5.82 Å². The molecule has 1 aromatic heterocycles. The second-order valence-corrected chi connectivity index (χ2v) is 7.14. The number of rotatable bonds is 2. The molecule has 4 nitrogen and oxygen atoms in total. The summed E-state index contributed by atoms with van der Waals surface area (Å²) in [5.41, 5.74) is 0.877. The van der Waals surface area contributed by atoms with E-state index in [1.165, 1.54) is 0 Å². The standard InChI is InChI=1S/C16H24ClN3O/c1-16(2,3)12-5-7-20(8-6-12)15(21)11-9-13(17)14(18-4)19-10-11/h9-10,12H,5-8H2,1-4H3,(H,18,19). The van der Waals surface area contributed by atoms with E-state index in [2.05, 4.69) is 31.1 Å². The summed E-state index contributed by atoms with van der Waals surface area (Å²) < 4.78 is 0. The van der Waals surface area contributed by atoms with Crippen LogP contribution in [0.2, 0.25) is 5.02 Å². The smallest absolute Gasteiger partial charge is 0.255 e. The fourth-order valence-electron chi connectivity index (χ4n) is 2.87. The van der Waals surface area contributed by atoms with Crippen molar-refractivity contribution in [3.8, 4) is 0 Å². The molecule has 0 radical (unpaired) electrons. The Balaban J connectivity index is 2.04. The number of pyridine rings is 1. The number of nitrogens with one attached hydrogen (secondary N) is 1. The molecule has 1 aliphatic heterocycles. The molecule has 116 valence electrons. The van der Waals surface area contributed by atoms with Gasteiger partial charge in [0.1, 0.15) is 5.82 Å². The maximum absolute atomic E-state index is 12.5. The zero-order valence-electron chi connectivity index (χ0n) is 13.2. The van der Waals surface area contributed by atoms with Gasteiger partial charge in [-0.25, -0.2) is 4.98 Å². The Kier molecular flexibility index (Phi) is 4.77. The topological polar surface area (TPSA) is 45.2 Å². The molecule has 1 fully saturated rings. The highest BCUT2D eigenvalue weighted by Crippen LogP contribution is 2.34. The lowest BCUT2D eigenvalue weighted by molar-refractivity contribution is 0.0608. The van der Waals surface area contributed by atoms with Crippen LogP contribution in [0.25, 0.3) is 0 Å². The zero-order valence-corrected chi connectivity index (χ0v) is 14.0. The van der Waals surface area contributed by atoms with Gasteiger partial charge in [0.25, 0.3) is 5.91 Å². The van der Waals surface area contributed by atoms with E-state index in [0.29, 0.717) is 27.7 Å². The largest absolute Gasteiger partial charge is 0.372 e. The van der Waals surface area contributed by atoms with Crippen molar-refractivity contribution in [2.75, 3.05) is 25.5 Å². The van der Waals surface area contributed by atoms with Gasteiger partial charge in [-0.1, -0.05) is 32.4 Å². The lowest BCUT2D eigenvalue weighted by atomic mass is 9.75. The van der Waals surface area contributed by atoms with E-state index >= 15 is 0 Å². The molecule has 1 saturated heterocycles. The maximum atomic E-state index is 12.5. The lowest BCUT2D eigenvalue weighted by Gasteiger charge is -2.38. The molecule has 5 heteroatoms. The molecule has 1 N–H and O–H groups in total. The Hall–Kier alpha value is -1.29. The number of amides is 1. The number of nitrogens with zero attached hydrogens (tertiary/aromatic N) is 2. The van der Waals surface area contributed by atoms with Gasteiger partial charge in [0.2, 0.25) is 0 Å². The molecule has 1 amide bonds. The third-order valence-corrected chi connectivity index (χ3v) is 4.62. The summed E-state index contributed by atoms with van der Waals surface area (Å²) in [5.74, 6) is 1.30. The molecule has 0 aromatic carbocycles. The Labute approximate surface area is 131 Å². The molecule has 0 bridgehead atoms. The van der Waals surface area contributed by atoms with Crippen molar-refractivity contribution in [1.29, 1.82) is 0 Å². The quantitative estimate of drug-likeness (QED) is 0.906. The number of anilines is 1. The van der Waals surface area contributed by atoms with E-state index in [4.69, 9.17) is 11.6 Å². The molecule has 2 rings (SSSR count). The molecule has 21 heavy (non-hydrogen) atoms. The fraction of sp³-hybridized carbons (Fsp3) is 0.625. The van der Waals surface area contributed by atoms with E-state index in [9.17, 15) is 4.79 Å². The number of likely N-dealkylation sites (tertiary alicyclic amines) is 1. The van der Waals surface area contributed by atoms with Crippen LogP contribution in [0.1, 0.15) is 44.0 Å². The van der Waals surface area contributed by atoms with Crippen LogP contribution in [-0.4, -0.2) is 35.9 Å². The molecule has 0 atom stereocenters. The van der Waals surface area contributed by atoms with Crippen LogP contribution in [0, 0.1) is 11.3 Å². The van der Waals surface area contributed by atoms with Crippen LogP contribution >= 0.6 is 11.6 Å². The Morgan fingerprint density at radius 2 is 2.00 bits per heavy atom. The van der Waals surface area contributed by atoms with Crippen molar-refractivity contribution in [1.82, 2.24) is 9.88 Å². The highest BCUT2D eigenvalue weighted by Gasteiger charge is 2.30. The number of piperidine rings is 1. The SMILES string of the molecule is CNc1ncc(C(=O)N2CCC(C(C)(C)C)CC2)cc1Cl. The van der Waals surface area contributed by atoms with Crippen LogP contribution in [-0.2, 0) is 0 Å². The maximum Gasteiger partial charge on any atom is 0.255 e. The minimum Gasteiger partial charge on any atom is -0.372 e. The number of aromatic nitrogens is 1. The minimum atomic E-state index is 0.0272. The van der Waals surface area contributed by atoms with E-state index < -0.39 is 0 Å².